The predicted molar refractivity (Wildman–Crippen MR) is 63.6 cm³/mol. The summed E-state index contributed by atoms with van der Waals surface area (Å²) in [5.74, 6) is 2.67. The number of aryl methyl sites for hydroxylation is 1. The maximum Gasteiger partial charge on any atom is 0.151 e. The Morgan fingerprint density at radius 3 is 2.94 bits per heavy atom. The first-order valence-corrected chi connectivity index (χ1v) is 6.62. The zero-order valence-electron chi connectivity index (χ0n) is 10.1. The number of nitrogens with one attached hydrogen (secondary N) is 1. The number of hydrogen-bond acceptors (Lipinski definition) is 4. The first-order valence-electron chi connectivity index (χ1n) is 6.62. The van der Waals surface area contributed by atoms with E-state index in [1.807, 2.05) is 4.68 Å². The molecule has 2 aliphatic heterocycles. The zero-order chi connectivity index (χ0) is 11.7. The van der Waals surface area contributed by atoms with Crippen LogP contribution in [0.3, 0.4) is 0 Å². The maximum atomic E-state index is 9.60. The molecule has 1 aromatic rings. The highest BCUT2D eigenvalue weighted by atomic mass is 16.3. The van der Waals surface area contributed by atoms with Crippen LogP contribution in [0.25, 0.3) is 0 Å². The molecule has 0 aliphatic carbocycles. The monoisotopic (exact) mass is 236 g/mol. The van der Waals surface area contributed by atoms with Crippen LogP contribution < -0.4 is 5.32 Å². The van der Waals surface area contributed by atoms with Gasteiger partial charge in [0.2, 0.25) is 0 Å². The van der Waals surface area contributed by atoms with Crippen molar-refractivity contribution in [3.63, 3.8) is 0 Å². The van der Waals surface area contributed by atoms with E-state index in [2.05, 4.69) is 15.4 Å². The summed E-state index contributed by atoms with van der Waals surface area (Å²) >= 11 is 0. The van der Waals surface area contributed by atoms with Crippen LogP contribution in [-0.2, 0) is 19.4 Å². The van der Waals surface area contributed by atoms with Gasteiger partial charge >= 0.3 is 0 Å². The van der Waals surface area contributed by atoms with E-state index in [0.29, 0.717) is 6.42 Å². The molecular formula is C12H20N4O. The summed E-state index contributed by atoms with van der Waals surface area (Å²) in [6.07, 6.45) is 4.71. The van der Waals surface area contributed by atoms with Crippen molar-refractivity contribution >= 4 is 0 Å². The van der Waals surface area contributed by atoms with Crippen LogP contribution in [0.15, 0.2) is 0 Å². The van der Waals surface area contributed by atoms with Crippen LogP contribution in [0.2, 0.25) is 0 Å². The Kier molecular flexibility index (Phi) is 3.11. The van der Waals surface area contributed by atoms with Gasteiger partial charge in [0.25, 0.3) is 0 Å². The van der Waals surface area contributed by atoms with Crippen molar-refractivity contribution in [3.8, 4) is 0 Å². The van der Waals surface area contributed by atoms with E-state index in [0.717, 1.165) is 50.0 Å². The topological polar surface area (TPSA) is 63.0 Å². The lowest BCUT2D eigenvalue weighted by Crippen LogP contribution is -2.28. The normalized spacial score (nSPS) is 25.8. The number of nitrogens with zero attached hydrogens (tertiary/aromatic N) is 3. The summed E-state index contributed by atoms with van der Waals surface area (Å²) in [6.45, 7) is 3.06. The number of fused-ring (bicyclic) bond motifs is 1. The van der Waals surface area contributed by atoms with Crippen molar-refractivity contribution in [3.05, 3.63) is 11.6 Å². The minimum absolute atomic E-state index is 0.224. The molecule has 0 amide bonds. The highest BCUT2D eigenvalue weighted by molar-refractivity contribution is 4.99. The number of hydrogen-bond donors (Lipinski definition) is 2. The van der Waals surface area contributed by atoms with E-state index in [1.165, 1.54) is 12.8 Å². The second kappa shape index (κ2) is 4.74. The van der Waals surface area contributed by atoms with Crippen molar-refractivity contribution < 1.29 is 5.11 Å². The SMILES string of the molecule is OC1CCn2nc(CC3CCNCC3)nc2C1. The second-order valence-corrected chi connectivity index (χ2v) is 5.21. The lowest BCUT2D eigenvalue weighted by Gasteiger charge is -2.21. The Morgan fingerprint density at radius 1 is 1.29 bits per heavy atom. The molecule has 0 saturated carbocycles. The van der Waals surface area contributed by atoms with E-state index < -0.39 is 0 Å². The molecule has 0 radical (unpaired) electrons. The molecule has 2 N–H and O–H groups in total. The molecule has 1 fully saturated rings. The molecule has 5 nitrogen and oxygen atoms in total. The summed E-state index contributed by atoms with van der Waals surface area (Å²) in [5, 5.41) is 17.5. The summed E-state index contributed by atoms with van der Waals surface area (Å²) in [4.78, 5) is 4.57. The van der Waals surface area contributed by atoms with Crippen LogP contribution in [0, 0.1) is 5.92 Å². The van der Waals surface area contributed by atoms with Crippen molar-refractivity contribution in [2.75, 3.05) is 13.1 Å². The average Bonchev–Trinajstić information content (AvgIpc) is 2.71. The highest BCUT2D eigenvalue weighted by Gasteiger charge is 2.22. The molecule has 5 heteroatoms. The van der Waals surface area contributed by atoms with Crippen LogP contribution in [0.1, 0.15) is 30.9 Å². The van der Waals surface area contributed by atoms with Gasteiger partial charge in [-0.25, -0.2) is 9.67 Å². The molecule has 0 bridgehead atoms. The predicted octanol–water partition coefficient (Wildman–Crippen LogP) is 0.127. The van der Waals surface area contributed by atoms with Crippen molar-refractivity contribution in [2.45, 2.75) is 44.8 Å². The Morgan fingerprint density at radius 2 is 2.12 bits per heavy atom. The van der Waals surface area contributed by atoms with E-state index in [1.54, 1.807) is 0 Å². The Hall–Kier alpha value is -0.940. The Labute approximate surface area is 101 Å². The fourth-order valence-electron chi connectivity index (χ4n) is 2.77. The van der Waals surface area contributed by atoms with Crippen molar-refractivity contribution in [2.24, 2.45) is 5.92 Å². The van der Waals surface area contributed by atoms with Gasteiger partial charge in [0, 0.05) is 19.4 Å². The van der Waals surface area contributed by atoms with E-state index >= 15 is 0 Å². The molecule has 94 valence electrons. The van der Waals surface area contributed by atoms with E-state index in [4.69, 9.17) is 0 Å². The van der Waals surface area contributed by atoms with E-state index in [9.17, 15) is 5.11 Å². The molecular weight excluding hydrogens is 216 g/mol. The van der Waals surface area contributed by atoms with Crippen molar-refractivity contribution in [1.29, 1.82) is 0 Å². The third-order valence-corrected chi connectivity index (χ3v) is 3.81. The number of aromatic nitrogens is 3. The third-order valence-electron chi connectivity index (χ3n) is 3.81. The van der Waals surface area contributed by atoms with Gasteiger partial charge in [0.1, 0.15) is 5.82 Å². The molecule has 0 aromatic carbocycles. The van der Waals surface area contributed by atoms with Crippen LogP contribution in [0.5, 0.6) is 0 Å². The van der Waals surface area contributed by atoms with Gasteiger partial charge in [-0.15, -0.1) is 0 Å². The van der Waals surface area contributed by atoms with Gasteiger partial charge in [0.05, 0.1) is 6.10 Å². The van der Waals surface area contributed by atoms with Crippen molar-refractivity contribution in [1.82, 2.24) is 20.1 Å². The molecule has 2 aliphatic rings. The van der Waals surface area contributed by atoms with Gasteiger partial charge in [-0.05, 0) is 38.3 Å². The summed E-state index contributed by atoms with van der Waals surface area (Å²) in [6, 6.07) is 0. The van der Waals surface area contributed by atoms with Gasteiger partial charge in [-0.3, -0.25) is 0 Å². The molecule has 3 heterocycles. The molecule has 1 atom stereocenters. The quantitative estimate of drug-likeness (QED) is 0.766. The fourth-order valence-corrected chi connectivity index (χ4v) is 2.77. The van der Waals surface area contributed by atoms with Gasteiger partial charge < -0.3 is 10.4 Å². The lowest BCUT2D eigenvalue weighted by molar-refractivity contribution is 0.138. The second-order valence-electron chi connectivity index (χ2n) is 5.21. The molecule has 0 spiro atoms. The summed E-state index contributed by atoms with van der Waals surface area (Å²) in [5.41, 5.74) is 0. The summed E-state index contributed by atoms with van der Waals surface area (Å²) < 4.78 is 1.98. The minimum Gasteiger partial charge on any atom is -0.393 e. The van der Waals surface area contributed by atoms with Crippen LogP contribution in [0.4, 0.5) is 0 Å². The maximum absolute atomic E-state index is 9.60. The molecule has 1 saturated heterocycles. The molecule has 17 heavy (non-hydrogen) atoms. The van der Waals surface area contributed by atoms with E-state index in [-0.39, 0.29) is 6.10 Å². The first kappa shape index (κ1) is 11.2. The van der Waals surface area contributed by atoms with Crippen LogP contribution >= 0.6 is 0 Å². The smallest absolute Gasteiger partial charge is 0.151 e. The summed E-state index contributed by atoms with van der Waals surface area (Å²) in [7, 11) is 0. The Bertz CT molecular complexity index is 384. The van der Waals surface area contributed by atoms with Crippen LogP contribution in [-0.4, -0.2) is 39.1 Å². The lowest BCUT2D eigenvalue weighted by atomic mass is 9.94. The van der Waals surface area contributed by atoms with Gasteiger partial charge in [0.15, 0.2) is 5.82 Å². The Balaban J connectivity index is 1.67. The highest BCUT2D eigenvalue weighted by Crippen LogP contribution is 2.18. The average molecular weight is 236 g/mol. The van der Waals surface area contributed by atoms with Gasteiger partial charge in [-0.1, -0.05) is 0 Å². The third kappa shape index (κ3) is 2.50. The van der Waals surface area contributed by atoms with Gasteiger partial charge in [-0.2, -0.15) is 5.10 Å². The largest absolute Gasteiger partial charge is 0.393 e. The molecule has 1 unspecified atom stereocenters. The number of piperidine rings is 1. The molecule has 3 rings (SSSR count). The number of rotatable bonds is 2. The fraction of sp³-hybridized carbons (Fsp3) is 0.833. The first-order chi connectivity index (χ1) is 8.31. The zero-order valence-corrected chi connectivity index (χ0v) is 10.1. The number of aliphatic hydroxyl groups is 1. The number of aliphatic hydroxyl groups excluding tert-OH is 1. The molecule has 1 aromatic heterocycles. The standard InChI is InChI=1S/C12H20N4O/c17-10-3-6-16-12(8-10)14-11(15-16)7-9-1-4-13-5-2-9/h9-10,13,17H,1-8H2. The minimum atomic E-state index is -0.224.